The Morgan fingerprint density at radius 2 is 0.975 bits per heavy atom. The molecule has 7 nitrogen and oxygen atoms in total. The molecule has 0 saturated carbocycles. The highest BCUT2D eigenvalue weighted by Crippen LogP contribution is 2.35. The van der Waals surface area contributed by atoms with Crippen molar-refractivity contribution < 1.29 is 21.6 Å². The maximum absolute atomic E-state index is 13.9. The third-order valence-electron chi connectivity index (χ3n) is 5.14. The summed E-state index contributed by atoms with van der Waals surface area (Å²) in [5, 5.41) is 2.82. The molecule has 208 valence electrons. The standard InChI is InChI=1S/C25H14Cl6N2O5S2/c26-15-4-14(5-16(27)6-15)25(34)32-21-2-1-3-22(13-21)33(39(35,36)23-9-17(28)7-18(29)10-23)40(37,38)24-11-19(30)8-20(31)12-24/h1-13H,(H,32,34). The number of hydrogen-bond acceptors (Lipinski definition) is 5. The first kappa shape index (κ1) is 30.7. The van der Waals surface area contributed by atoms with Crippen LogP contribution in [0.15, 0.2) is 88.7 Å². The normalized spacial score (nSPS) is 11.8. The van der Waals surface area contributed by atoms with E-state index in [1.807, 2.05) is 0 Å². The van der Waals surface area contributed by atoms with Gasteiger partial charge in [-0.15, -0.1) is 0 Å². The van der Waals surface area contributed by atoms with Gasteiger partial charge in [0.05, 0.1) is 15.5 Å². The van der Waals surface area contributed by atoms with Gasteiger partial charge >= 0.3 is 0 Å². The molecule has 0 atom stereocenters. The van der Waals surface area contributed by atoms with Crippen molar-refractivity contribution in [2.75, 3.05) is 9.03 Å². The lowest BCUT2D eigenvalue weighted by Crippen LogP contribution is -2.37. The second-order valence-corrected chi connectivity index (χ2v) is 14.5. The van der Waals surface area contributed by atoms with Crippen molar-refractivity contribution in [3.05, 3.63) is 115 Å². The molecular formula is C25H14Cl6N2O5S2. The fourth-order valence-electron chi connectivity index (χ4n) is 3.54. The van der Waals surface area contributed by atoms with Gasteiger partial charge in [0, 0.05) is 41.4 Å². The molecule has 0 aromatic heterocycles. The molecule has 0 bridgehead atoms. The van der Waals surface area contributed by atoms with Crippen LogP contribution in [0, 0.1) is 0 Å². The molecule has 1 N–H and O–H groups in total. The Bertz CT molecular complexity index is 1730. The lowest BCUT2D eigenvalue weighted by Gasteiger charge is -2.25. The van der Waals surface area contributed by atoms with Crippen LogP contribution < -0.4 is 9.03 Å². The predicted octanol–water partition coefficient (Wildman–Crippen LogP) is 8.44. The van der Waals surface area contributed by atoms with Gasteiger partial charge in [-0.25, -0.2) is 16.8 Å². The maximum Gasteiger partial charge on any atom is 0.277 e. The number of nitrogens with zero attached hydrogens (tertiary/aromatic N) is 1. The highest BCUT2D eigenvalue weighted by Gasteiger charge is 2.38. The topological polar surface area (TPSA) is 101 Å². The van der Waals surface area contributed by atoms with Crippen LogP contribution in [0.2, 0.25) is 30.1 Å². The van der Waals surface area contributed by atoms with Crippen LogP contribution >= 0.6 is 69.6 Å². The lowest BCUT2D eigenvalue weighted by atomic mass is 10.2. The van der Waals surface area contributed by atoms with Crippen molar-refractivity contribution in [1.29, 1.82) is 0 Å². The summed E-state index contributed by atoms with van der Waals surface area (Å²) in [5.74, 6) is -0.637. The minimum Gasteiger partial charge on any atom is -0.322 e. The summed E-state index contributed by atoms with van der Waals surface area (Å²) in [5.41, 5.74) is -0.182. The molecule has 0 aliphatic carbocycles. The Morgan fingerprint density at radius 3 is 1.40 bits per heavy atom. The van der Waals surface area contributed by atoms with Gasteiger partial charge < -0.3 is 5.32 Å². The molecule has 0 aliphatic heterocycles. The van der Waals surface area contributed by atoms with Crippen molar-refractivity contribution in [3.63, 3.8) is 0 Å². The van der Waals surface area contributed by atoms with Gasteiger partial charge in [0.15, 0.2) is 0 Å². The van der Waals surface area contributed by atoms with Crippen molar-refractivity contribution >= 4 is 107 Å². The third-order valence-corrected chi connectivity index (χ3v) is 10.6. The molecule has 0 radical (unpaired) electrons. The number of amides is 1. The Morgan fingerprint density at radius 1 is 0.575 bits per heavy atom. The van der Waals surface area contributed by atoms with Crippen molar-refractivity contribution in [3.8, 4) is 0 Å². The Kier molecular flexibility index (Phi) is 9.19. The Labute approximate surface area is 260 Å². The van der Waals surface area contributed by atoms with E-state index in [9.17, 15) is 21.6 Å². The summed E-state index contributed by atoms with van der Waals surface area (Å²) >= 11 is 36.1. The van der Waals surface area contributed by atoms with Gasteiger partial charge in [-0.3, -0.25) is 4.79 Å². The van der Waals surface area contributed by atoms with Gasteiger partial charge in [-0.2, -0.15) is 3.71 Å². The summed E-state index contributed by atoms with van der Waals surface area (Å²) in [4.78, 5) is 11.8. The van der Waals surface area contributed by atoms with Gasteiger partial charge in [-0.1, -0.05) is 75.7 Å². The molecule has 4 rings (SSSR count). The average molecular weight is 699 g/mol. The van der Waals surface area contributed by atoms with Gasteiger partial charge in [0.2, 0.25) is 0 Å². The van der Waals surface area contributed by atoms with E-state index in [0.29, 0.717) is 0 Å². The number of sulfonamides is 2. The first-order valence-electron chi connectivity index (χ1n) is 10.8. The molecule has 40 heavy (non-hydrogen) atoms. The molecule has 4 aromatic carbocycles. The fraction of sp³-hybridized carbons (Fsp3) is 0. The number of benzene rings is 4. The van der Waals surface area contributed by atoms with E-state index in [4.69, 9.17) is 69.6 Å². The second kappa shape index (κ2) is 12.0. The van der Waals surface area contributed by atoms with E-state index in [2.05, 4.69) is 5.32 Å². The van der Waals surface area contributed by atoms with Crippen LogP contribution in [0.1, 0.15) is 10.4 Å². The van der Waals surface area contributed by atoms with E-state index in [1.54, 1.807) is 0 Å². The molecule has 1 amide bonds. The molecular weight excluding hydrogens is 685 g/mol. The summed E-state index contributed by atoms with van der Waals surface area (Å²) in [7, 11) is -9.79. The molecule has 0 unspecified atom stereocenters. The van der Waals surface area contributed by atoms with E-state index >= 15 is 0 Å². The zero-order chi connectivity index (χ0) is 29.4. The maximum atomic E-state index is 13.9. The molecule has 15 heteroatoms. The van der Waals surface area contributed by atoms with Crippen molar-refractivity contribution in [1.82, 2.24) is 0 Å². The summed E-state index contributed by atoms with van der Waals surface area (Å²) in [6, 6.07) is 16.1. The van der Waals surface area contributed by atoms with Crippen LogP contribution in [0.25, 0.3) is 0 Å². The van der Waals surface area contributed by atoms with E-state index in [1.165, 1.54) is 48.5 Å². The minimum atomic E-state index is -4.90. The summed E-state index contributed by atoms with van der Waals surface area (Å²) < 4.78 is 55.8. The molecule has 4 aromatic rings. The zero-order valence-electron chi connectivity index (χ0n) is 19.6. The van der Waals surface area contributed by atoms with Crippen LogP contribution in [-0.4, -0.2) is 22.7 Å². The molecule has 0 spiro atoms. The van der Waals surface area contributed by atoms with Gasteiger partial charge in [0.25, 0.3) is 26.0 Å². The quantitative estimate of drug-likeness (QED) is 0.209. The Balaban J connectivity index is 1.88. The number of nitrogens with one attached hydrogen (secondary N) is 1. The number of anilines is 2. The van der Waals surface area contributed by atoms with Gasteiger partial charge in [0.1, 0.15) is 0 Å². The van der Waals surface area contributed by atoms with E-state index in [-0.39, 0.29) is 50.8 Å². The SMILES string of the molecule is O=C(Nc1cccc(N(S(=O)(=O)c2cc(Cl)cc(Cl)c2)S(=O)(=O)c2cc(Cl)cc(Cl)c2)c1)c1cc(Cl)cc(Cl)c1. The minimum absolute atomic E-state index is 0.0459. The number of hydrogen-bond donors (Lipinski definition) is 1. The van der Waals surface area contributed by atoms with E-state index < -0.39 is 35.7 Å². The third kappa shape index (κ3) is 6.80. The molecule has 0 heterocycles. The van der Waals surface area contributed by atoms with Crippen molar-refractivity contribution in [2.45, 2.75) is 9.79 Å². The zero-order valence-corrected chi connectivity index (χ0v) is 25.7. The first-order chi connectivity index (χ1) is 18.7. The van der Waals surface area contributed by atoms with Crippen LogP contribution in [0.4, 0.5) is 11.4 Å². The summed E-state index contributed by atoms with van der Waals surface area (Å²) in [6.45, 7) is 0. The number of halogens is 6. The van der Waals surface area contributed by atoms with Crippen molar-refractivity contribution in [2.24, 2.45) is 0 Å². The fourth-order valence-corrected chi connectivity index (χ4v) is 9.19. The van der Waals surface area contributed by atoms with Crippen LogP contribution in [0.5, 0.6) is 0 Å². The second-order valence-electron chi connectivity index (χ2n) is 8.08. The largest absolute Gasteiger partial charge is 0.322 e. The molecule has 0 aliphatic rings. The van der Waals surface area contributed by atoms with Gasteiger partial charge in [-0.05, 0) is 72.8 Å². The van der Waals surface area contributed by atoms with Crippen LogP contribution in [-0.2, 0) is 20.0 Å². The highest BCUT2D eigenvalue weighted by molar-refractivity contribution is 8.10. The molecule has 0 saturated heterocycles. The average Bonchev–Trinajstić information content (AvgIpc) is 2.82. The summed E-state index contributed by atoms with van der Waals surface area (Å²) in [6.07, 6.45) is 0. The highest BCUT2D eigenvalue weighted by atomic mass is 35.5. The van der Waals surface area contributed by atoms with Crippen LogP contribution in [0.3, 0.4) is 0 Å². The number of carbonyl (C=O) groups is 1. The molecule has 0 fully saturated rings. The first-order valence-corrected chi connectivity index (χ1v) is 15.9. The monoisotopic (exact) mass is 696 g/mol. The number of rotatable bonds is 7. The predicted molar refractivity (Wildman–Crippen MR) is 161 cm³/mol. The van der Waals surface area contributed by atoms with E-state index in [0.717, 1.165) is 30.3 Å². The number of carbonyl (C=O) groups excluding carboxylic acids is 1. The smallest absolute Gasteiger partial charge is 0.277 e. The Hall–Kier alpha value is -2.21. The lowest BCUT2D eigenvalue weighted by molar-refractivity contribution is 0.102.